The molecular formula is C16H21FN2O3. The minimum Gasteiger partial charge on any atom is -0.347 e. The zero-order valence-electron chi connectivity index (χ0n) is 12.7. The van der Waals surface area contributed by atoms with E-state index in [9.17, 15) is 9.18 Å². The molecule has 120 valence electrons. The molecule has 1 spiro atoms. The number of rotatable bonds is 3. The molecule has 2 aliphatic rings. The highest BCUT2D eigenvalue weighted by atomic mass is 19.1. The van der Waals surface area contributed by atoms with Crippen LogP contribution in [0.5, 0.6) is 0 Å². The molecule has 0 aromatic heterocycles. The van der Waals surface area contributed by atoms with Gasteiger partial charge in [0.1, 0.15) is 5.82 Å². The monoisotopic (exact) mass is 308 g/mol. The molecule has 1 amide bonds. The summed E-state index contributed by atoms with van der Waals surface area (Å²) in [5.74, 6) is -0.867. The molecule has 2 fully saturated rings. The van der Waals surface area contributed by atoms with Gasteiger partial charge in [0.2, 0.25) is 5.91 Å². The first-order chi connectivity index (χ1) is 10.6. The summed E-state index contributed by atoms with van der Waals surface area (Å²) in [7, 11) is 0. The van der Waals surface area contributed by atoms with Crippen molar-refractivity contribution in [2.24, 2.45) is 0 Å². The predicted octanol–water partition coefficient (Wildman–Crippen LogP) is 1.91. The lowest BCUT2D eigenvalue weighted by atomic mass is 10.0. The van der Waals surface area contributed by atoms with E-state index >= 15 is 0 Å². The van der Waals surface area contributed by atoms with Crippen molar-refractivity contribution in [1.82, 2.24) is 4.90 Å². The summed E-state index contributed by atoms with van der Waals surface area (Å²) < 4.78 is 24.8. The molecule has 1 N–H and O–H groups in total. The number of piperidine rings is 1. The van der Waals surface area contributed by atoms with Crippen molar-refractivity contribution in [3.63, 3.8) is 0 Å². The second kappa shape index (κ2) is 6.32. The lowest BCUT2D eigenvalue weighted by Crippen LogP contribution is -2.47. The van der Waals surface area contributed by atoms with Gasteiger partial charge in [0, 0.05) is 31.6 Å². The lowest BCUT2D eigenvalue weighted by Gasteiger charge is -2.37. The zero-order chi connectivity index (χ0) is 15.6. The molecule has 1 aromatic carbocycles. The zero-order valence-corrected chi connectivity index (χ0v) is 12.7. The van der Waals surface area contributed by atoms with E-state index < -0.39 is 5.79 Å². The summed E-state index contributed by atoms with van der Waals surface area (Å²) >= 11 is 0. The van der Waals surface area contributed by atoms with Crippen molar-refractivity contribution >= 4 is 11.6 Å². The Morgan fingerprint density at radius 3 is 2.64 bits per heavy atom. The van der Waals surface area contributed by atoms with Crippen LogP contribution in [0, 0.1) is 12.7 Å². The van der Waals surface area contributed by atoms with Crippen molar-refractivity contribution in [2.75, 3.05) is 38.2 Å². The number of anilines is 1. The van der Waals surface area contributed by atoms with Crippen LogP contribution in [-0.2, 0) is 14.3 Å². The molecule has 2 aliphatic heterocycles. The Kier molecular flexibility index (Phi) is 4.42. The highest BCUT2D eigenvalue weighted by molar-refractivity contribution is 5.92. The number of likely N-dealkylation sites (tertiary alicyclic amines) is 1. The van der Waals surface area contributed by atoms with E-state index in [1.54, 1.807) is 19.1 Å². The van der Waals surface area contributed by atoms with Gasteiger partial charge in [-0.3, -0.25) is 9.69 Å². The van der Waals surface area contributed by atoms with Crippen molar-refractivity contribution < 1.29 is 18.7 Å². The van der Waals surface area contributed by atoms with Gasteiger partial charge < -0.3 is 14.8 Å². The first-order valence-electron chi connectivity index (χ1n) is 7.63. The van der Waals surface area contributed by atoms with Crippen LogP contribution in [0.25, 0.3) is 0 Å². The standard InChI is InChI=1S/C16H21FN2O3/c1-12-2-3-13(10-14(12)17)18-15(20)11-19-6-4-16(5-7-19)21-8-9-22-16/h2-3,10H,4-9,11H2,1H3,(H,18,20). The first-order valence-corrected chi connectivity index (χ1v) is 7.63. The number of halogens is 1. The van der Waals surface area contributed by atoms with Gasteiger partial charge in [-0.25, -0.2) is 4.39 Å². The Morgan fingerprint density at radius 1 is 1.32 bits per heavy atom. The summed E-state index contributed by atoms with van der Waals surface area (Å²) in [5, 5.41) is 2.74. The van der Waals surface area contributed by atoms with Gasteiger partial charge in [0.05, 0.1) is 19.8 Å². The third-order valence-corrected chi connectivity index (χ3v) is 4.25. The SMILES string of the molecule is Cc1ccc(NC(=O)CN2CCC3(CC2)OCCO3)cc1F. The highest BCUT2D eigenvalue weighted by Gasteiger charge is 2.39. The number of carbonyl (C=O) groups excluding carboxylic acids is 1. The minimum absolute atomic E-state index is 0.132. The van der Waals surface area contributed by atoms with Crippen LogP contribution in [0.1, 0.15) is 18.4 Å². The molecule has 2 saturated heterocycles. The Morgan fingerprint density at radius 2 is 2.00 bits per heavy atom. The fraction of sp³-hybridized carbons (Fsp3) is 0.562. The molecule has 6 heteroatoms. The maximum Gasteiger partial charge on any atom is 0.238 e. The van der Waals surface area contributed by atoms with Crippen LogP contribution >= 0.6 is 0 Å². The molecule has 0 atom stereocenters. The van der Waals surface area contributed by atoms with E-state index in [0.717, 1.165) is 25.9 Å². The van der Waals surface area contributed by atoms with Gasteiger partial charge in [0.25, 0.3) is 0 Å². The van der Waals surface area contributed by atoms with Crippen LogP contribution in [-0.4, -0.2) is 49.4 Å². The normalized spacial score (nSPS) is 21.2. The fourth-order valence-electron chi connectivity index (χ4n) is 2.91. The number of benzene rings is 1. The summed E-state index contributed by atoms with van der Waals surface area (Å²) in [6, 6.07) is 4.71. The first kappa shape index (κ1) is 15.4. The Bertz CT molecular complexity index is 548. The molecule has 3 rings (SSSR count). The summed E-state index contributed by atoms with van der Waals surface area (Å²) in [5.41, 5.74) is 1.06. The Hall–Kier alpha value is -1.50. The van der Waals surface area contributed by atoms with Gasteiger partial charge in [0.15, 0.2) is 5.79 Å². The van der Waals surface area contributed by atoms with Gasteiger partial charge >= 0.3 is 0 Å². The quantitative estimate of drug-likeness (QED) is 0.927. The molecule has 1 aromatic rings. The van der Waals surface area contributed by atoms with Gasteiger partial charge in [-0.2, -0.15) is 0 Å². The van der Waals surface area contributed by atoms with Gasteiger partial charge in [-0.05, 0) is 24.6 Å². The largest absolute Gasteiger partial charge is 0.347 e. The minimum atomic E-state index is -0.424. The van der Waals surface area contributed by atoms with E-state index in [4.69, 9.17) is 9.47 Å². The number of ether oxygens (including phenoxy) is 2. The number of nitrogens with zero attached hydrogens (tertiary/aromatic N) is 1. The number of nitrogens with one attached hydrogen (secondary N) is 1. The summed E-state index contributed by atoms with van der Waals surface area (Å²) in [4.78, 5) is 14.1. The van der Waals surface area contributed by atoms with Crippen LogP contribution in [0.15, 0.2) is 18.2 Å². The highest BCUT2D eigenvalue weighted by Crippen LogP contribution is 2.31. The van der Waals surface area contributed by atoms with Gasteiger partial charge in [-0.1, -0.05) is 6.07 Å². The maximum atomic E-state index is 13.5. The van der Waals surface area contributed by atoms with E-state index in [2.05, 4.69) is 10.2 Å². The molecule has 2 heterocycles. The third kappa shape index (κ3) is 3.45. The smallest absolute Gasteiger partial charge is 0.238 e. The average molecular weight is 308 g/mol. The number of hydrogen-bond donors (Lipinski definition) is 1. The van der Waals surface area contributed by atoms with Gasteiger partial charge in [-0.15, -0.1) is 0 Å². The maximum absolute atomic E-state index is 13.5. The van der Waals surface area contributed by atoms with E-state index in [1.165, 1.54) is 6.07 Å². The lowest BCUT2D eigenvalue weighted by molar-refractivity contribution is -0.185. The van der Waals surface area contributed by atoms with Crippen molar-refractivity contribution in [3.05, 3.63) is 29.6 Å². The van der Waals surface area contributed by atoms with Crippen molar-refractivity contribution in [3.8, 4) is 0 Å². The van der Waals surface area contributed by atoms with Crippen LogP contribution in [0.2, 0.25) is 0 Å². The molecule has 0 radical (unpaired) electrons. The van der Waals surface area contributed by atoms with E-state index in [-0.39, 0.29) is 11.7 Å². The Balaban J connectivity index is 1.49. The summed E-state index contributed by atoms with van der Waals surface area (Å²) in [6.07, 6.45) is 1.55. The molecule has 22 heavy (non-hydrogen) atoms. The molecule has 5 nitrogen and oxygen atoms in total. The number of amides is 1. The second-order valence-corrected chi connectivity index (χ2v) is 5.90. The second-order valence-electron chi connectivity index (χ2n) is 5.90. The summed E-state index contributed by atoms with van der Waals surface area (Å²) in [6.45, 7) is 4.81. The molecule has 0 aliphatic carbocycles. The average Bonchev–Trinajstić information content (AvgIpc) is 2.94. The predicted molar refractivity (Wildman–Crippen MR) is 80.1 cm³/mol. The van der Waals surface area contributed by atoms with Crippen LogP contribution in [0.4, 0.5) is 10.1 Å². The van der Waals surface area contributed by atoms with Crippen molar-refractivity contribution in [1.29, 1.82) is 0 Å². The molecule has 0 bridgehead atoms. The van der Waals surface area contributed by atoms with Crippen LogP contribution < -0.4 is 5.32 Å². The van der Waals surface area contributed by atoms with Crippen LogP contribution in [0.3, 0.4) is 0 Å². The van der Waals surface area contributed by atoms with E-state index in [1.807, 2.05) is 0 Å². The number of aryl methyl sites for hydroxylation is 1. The fourth-order valence-corrected chi connectivity index (χ4v) is 2.91. The molecular weight excluding hydrogens is 287 g/mol. The van der Waals surface area contributed by atoms with E-state index in [0.29, 0.717) is 31.0 Å². The molecule has 0 saturated carbocycles. The third-order valence-electron chi connectivity index (χ3n) is 4.25. The topological polar surface area (TPSA) is 50.8 Å². The van der Waals surface area contributed by atoms with Crippen molar-refractivity contribution in [2.45, 2.75) is 25.6 Å². The Labute approximate surface area is 129 Å². The molecule has 0 unspecified atom stereocenters. The number of hydrogen-bond acceptors (Lipinski definition) is 4. The number of carbonyl (C=O) groups is 1.